The number of guanidine groups is 1. The molecule has 142 valence electrons. The fourth-order valence-corrected chi connectivity index (χ4v) is 4.02. The first-order chi connectivity index (χ1) is 13.2. The Labute approximate surface area is 162 Å². The summed E-state index contributed by atoms with van der Waals surface area (Å²) < 4.78 is 0. The summed E-state index contributed by atoms with van der Waals surface area (Å²) in [4.78, 5) is 6.93. The Hall–Kier alpha value is -2.49. The first-order valence-corrected chi connectivity index (χ1v) is 10.1. The summed E-state index contributed by atoms with van der Waals surface area (Å²) >= 11 is 0. The minimum Gasteiger partial charge on any atom is -0.372 e. The molecule has 2 N–H and O–H groups in total. The highest BCUT2D eigenvalue weighted by atomic mass is 15.2. The van der Waals surface area contributed by atoms with E-state index in [0.717, 1.165) is 5.96 Å². The standard InChI is InChI=1S/C23H30N4/c1-17(19-11-8-12-20(15-19)27-13-6-7-14-27)25-23(24-2)26-22-16-21(22)18-9-4-3-5-10-18/h3-5,8-12,15,17,21-22H,6-7,13-14,16H2,1-2H3,(H2,24,25,26). The molecule has 2 aromatic carbocycles. The molecule has 0 spiro atoms. The van der Waals surface area contributed by atoms with E-state index in [1.54, 1.807) is 0 Å². The summed E-state index contributed by atoms with van der Waals surface area (Å²) in [5.74, 6) is 1.48. The average Bonchev–Trinajstić information content (AvgIpc) is 3.26. The van der Waals surface area contributed by atoms with E-state index in [-0.39, 0.29) is 6.04 Å². The van der Waals surface area contributed by atoms with Crippen LogP contribution in [0.1, 0.15) is 49.3 Å². The molecule has 1 saturated carbocycles. The maximum atomic E-state index is 4.45. The Morgan fingerprint density at radius 3 is 2.59 bits per heavy atom. The molecular weight excluding hydrogens is 332 g/mol. The van der Waals surface area contributed by atoms with E-state index < -0.39 is 0 Å². The number of hydrogen-bond donors (Lipinski definition) is 2. The van der Waals surface area contributed by atoms with E-state index in [1.165, 1.54) is 49.2 Å². The third kappa shape index (κ3) is 4.26. The average molecular weight is 363 g/mol. The number of hydrogen-bond acceptors (Lipinski definition) is 2. The molecular formula is C23H30N4. The second kappa shape index (κ2) is 8.03. The number of nitrogens with zero attached hydrogens (tertiary/aromatic N) is 2. The van der Waals surface area contributed by atoms with Crippen LogP contribution in [0.25, 0.3) is 0 Å². The predicted octanol–water partition coefficient (Wildman–Crippen LogP) is 4.07. The number of aliphatic imine (C=N–C) groups is 1. The lowest BCUT2D eigenvalue weighted by atomic mass is 10.1. The number of rotatable bonds is 5. The second-order valence-corrected chi connectivity index (χ2v) is 7.73. The Balaban J connectivity index is 1.35. The zero-order chi connectivity index (χ0) is 18.6. The molecule has 3 atom stereocenters. The molecule has 1 aliphatic heterocycles. The first-order valence-electron chi connectivity index (χ1n) is 10.1. The van der Waals surface area contributed by atoms with Gasteiger partial charge in [-0.3, -0.25) is 4.99 Å². The van der Waals surface area contributed by atoms with Crippen molar-refractivity contribution in [1.82, 2.24) is 10.6 Å². The minimum absolute atomic E-state index is 0.215. The molecule has 2 aromatic rings. The monoisotopic (exact) mass is 362 g/mol. The van der Waals surface area contributed by atoms with E-state index in [0.29, 0.717) is 12.0 Å². The van der Waals surface area contributed by atoms with Gasteiger partial charge in [0, 0.05) is 37.8 Å². The lowest BCUT2D eigenvalue weighted by molar-refractivity contribution is 0.681. The lowest BCUT2D eigenvalue weighted by Crippen LogP contribution is -2.40. The quantitative estimate of drug-likeness (QED) is 0.622. The highest BCUT2D eigenvalue weighted by Crippen LogP contribution is 2.40. The van der Waals surface area contributed by atoms with Crippen molar-refractivity contribution in [2.75, 3.05) is 25.0 Å². The smallest absolute Gasteiger partial charge is 0.191 e. The molecule has 27 heavy (non-hydrogen) atoms. The van der Waals surface area contributed by atoms with Crippen LogP contribution in [-0.4, -0.2) is 32.1 Å². The largest absolute Gasteiger partial charge is 0.372 e. The Bertz CT molecular complexity index is 780. The summed E-state index contributed by atoms with van der Waals surface area (Å²) in [5, 5.41) is 7.15. The predicted molar refractivity (Wildman–Crippen MR) is 114 cm³/mol. The molecule has 1 aliphatic carbocycles. The van der Waals surface area contributed by atoms with Gasteiger partial charge in [0.15, 0.2) is 5.96 Å². The SMILES string of the molecule is CN=C(NC(C)c1cccc(N2CCCC2)c1)NC1CC1c1ccccc1. The summed E-state index contributed by atoms with van der Waals surface area (Å²) in [6.45, 7) is 4.56. The fraction of sp³-hybridized carbons (Fsp3) is 0.435. The van der Waals surface area contributed by atoms with Gasteiger partial charge in [-0.2, -0.15) is 0 Å². The lowest BCUT2D eigenvalue weighted by Gasteiger charge is -2.22. The van der Waals surface area contributed by atoms with Crippen molar-refractivity contribution in [1.29, 1.82) is 0 Å². The molecule has 0 aromatic heterocycles. The topological polar surface area (TPSA) is 39.7 Å². The molecule has 0 amide bonds. The molecule has 0 bridgehead atoms. The first kappa shape index (κ1) is 17.9. The van der Waals surface area contributed by atoms with Gasteiger partial charge in [-0.1, -0.05) is 42.5 Å². The van der Waals surface area contributed by atoms with Gasteiger partial charge in [-0.05, 0) is 49.4 Å². The van der Waals surface area contributed by atoms with Crippen LogP contribution in [0.5, 0.6) is 0 Å². The number of nitrogens with one attached hydrogen (secondary N) is 2. The van der Waals surface area contributed by atoms with Gasteiger partial charge < -0.3 is 15.5 Å². The minimum atomic E-state index is 0.215. The Kier molecular flexibility index (Phi) is 5.33. The van der Waals surface area contributed by atoms with Crippen LogP contribution in [0.4, 0.5) is 5.69 Å². The van der Waals surface area contributed by atoms with Gasteiger partial charge in [0.1, 0.15) is 0 Å². The van der Waals surface area contributed by atoms with Crippen LogP contribution >= 0.6 is 0 Å². The third-order valence-electron chi connectivity index (χ3n) is 5.76. The van der Waals surface area contributed by atoms with Gasteiger partial charge in [0.2, 0.25) is 0 Å². The summed E-state index contributed by atoms with van der Waals surface area (Å²) in [5.41, 5.74) is 4.06. The van der Waals surface area contributed by atoms with Crippen molar-refractivity contribution in [3.63, 3.8) is 0 Å². The third-order valence-corrected chi connectivity index (χ3v) is 5.76. The van der Waals surface area contributed by atoms with E-state index in [2.05, 4.69) is 82.0 Å². The maximum Gasteiger partial charge on any atom is 0.191 e. The second-order valence-electron chi connectivity index (χ2n) is 7.73. The Morgan fingerprint density at radius 2 is 1.85 bits per heavy atom. The van der Waals surface area contributed by atoms with Gasteiger partial charge in [-0.25, -0.2) is 0 Å². The van der Waals surface area contributed by atoms with Crippen molar-refractivity contribution in [3.8, 4) is 0 Å². The van der Waals surface area contributed by atoms with Crippen molar-refractivity contribution >= 4 is 11.6 Å². The summed E-state index contributed by atoms with van der Waals surface area (Å²) in [6, 6.07) is 20.4. The van der Waals surface area contributed by atoms with Crippen LogP contribution in [0.3, 0.4) is 0 Å². The van der Waals surface area contributed by atoms with Gasteiger partial charge in [-0.15, -0.1) is 0 Å². The van der Waals surface area contributed by atoms with Crippen LogP contribution in [-0.2, 0) is 0 Å². The molecule has 2 fully saturated rings. The summed E-state index contributed by atoms with van der Waals surface area (Å²) in [6.07, 6.45) is 3.78. The molecule has 4 heteroatoms. The molecule has 1 heterocycles. The highest BCUT2D eigenvalue weighted by molar-refractivity contribution is 5.81. The molecule has 4 nitrogen and oxygen atoms in total. The normalized spacial score (nSPS) is 23.2. The van der Waals surface area contributed by atoms with Crippen LogP contribution in [0.2, 0.25) is 0 Å². The van der Waals surface area contributed by atoms with E-state index >= 15 is 0 Å². The summed E-state index contributed by atoms with van der Waals surface area (Å²) in [7, 11) is 1.85. The number of anilines is 1. The van der Waals surface area contributed by atoms with Crippen molar-refractivity contribution < 1.29 is 0 Å². The fourth-order valence-electron chi connectivity index (χ4n) is 4.02. The maximum absolute atomic E-state index is 4.45. The molecule has 0 radical (unpaired) electrons. The highest BCUT2D eigenvalue weighted by Gasteiger charge is 2.38. The van der Waals surface area contributed by atoms with E-state index in [1.807, 2.05) is 7.05 Å². The van der Waals surface area contributed by atoms with Crippen molar-refractivity contribution in [2.45, 2.75) is 44.2 Å². The zero-order valence-corrected chi connectivity index (χ0v) is 16.4. The van der Waals surface area contributed by atoms with E-state index in [9.17, 15) is 0 Å². The van der Waals surface area contributed by atoms with Gasteiger partial charge in [0.05, 0.1) is 6.04 Å². The molecule has 3 unspecified atom stereocenters. The van der Waals surface area contributed by atoms with Crippen LogP contribution < -0.4 is 15.5 Å². The molecule has 4 rings (SSSR count). The zero-order valence-electron chi connectivity index (χ0n) is 16.4. The Morgan fingerprint density at radius 1 is 1.07 bits per heavy atom. The van der Waals surface area contributed by atoms with Crippen molar-refractivity contribution in [3.05, 3.63) is 65.7 Å². The molecule has 1 saturated heterocycles. The van der Waals surface area contributed by atoms with Crippen LogP contribution in [0.15, 0.2) is 59.6 Å². The van der Waals surface area contributed by atoms with Crippen LogP contribution in [0, 0.1) is 0 Å². The van der Waals surface area contributed by atoms with Crippen molar-refractivity contribution in [2.24, 2.45) is 4.99 Å². The van der Waals surface area contributed by atoms with E-state index in [4.69, 9.17) is 0 Å². The van der Waals surface area contributed by atoms with Gasteiger partial charge >= 0.3 is 0 Å². The number of benzene rings is 2. The van der Waals surface area contributed by atoms with Gasteiger partial charge in [0.25, 0.3) is 0 Å². The molecule has 2 aliphatic rings.